The third-order valence-electron chi connectivity index (χ3n) is 2.02. The topological polar surface area (TPSA) is 89.5 Å². The number of hydrogen-bond donors (Lipinski definition) is 1. The van der Waals surface area contributed by atoms with E-state index >= 15 is 0 Å². The molecule has 0 fully saturated rings. The van der Waals surface area contributed by atoms with Crippen LogP contribution in [0.25, 0.3) is 0 Å². The summed E-state index contributed by atoms with van der Waals surface area (Å²) in [6.45, 7) is 4.64. The first-order valence-electron chi connectivity index (χ1n) is 5.89. The van der Waals surface area contributed by atoms with Gasteiger partial charge in [0.05, 0.1) is 17.6 Å². The van der Waals surface area contributed by atoms with Crippen LogP contribution in [0.5, 0.6) is 0 Å². The van der Waals surface area contributed by atoms with E-state index in [-0.39, 0.29) is 24.0 Å². The van der Waals surface area contributed by atoms with E-state index < -0.39 is 19.9 Å². The van der Waals surface area contributed by atoms with Crippen LogP contribution in [0.15, 0.2) is 0 Å². The van der Waals surface area contributed by atoms with Gasteiger partial charge in [-0.1, -0.05) is 0 Å². The summed E-state index contributed by atoms with van der Waals surface area (Å²) < 4.78 is 52.3. The van der Waals surface area contributed by atoms with Gasteiger partial charge in [0.25, 0.3) is 0 Å². The highest BCUT2D eigenvalue weighted by Gasteiger charge is 2.11. The lowest BCUT2D eigenvalue weighted by atomic mass is 10.4. The van der Waals surface area contributed by atoms with Crippen LogP contribution in [0.4, 0.5) is 0 Å². The molecule has 0 aliphatic rings. The van der Waals surface area contributed by atoms with Crippen molar-refractivity contribution in [2.24, 2.45) is 0 Å². The van der Waals surface area contributed by atoms with Gasteiger partial charge >= 0.3 is 0 Å². The lowest BCUT2D eigenvalue weighted by Gasteiger charge is -2.08. The van der Waals surface area contributed by atoms with Crippen LogP contribution in [0.2, 0.25) is 0 Å². The largest absolute Gasteiger partial charge is 0.379 e. The summed E-state index contributed by atoms with van der Waals surface area (Å²) in [5, 5.41) is 0. The smallest absolute Gasteiger partial charge is 0.211 e. The predicted molar refractivity (Wildman–Crippen MR) is 71.8 cm³/mol. The van der Waals surface area contributed by atoms with Crippen LogP contribution < -0.4 is 4.72 Å². The van der Waals surface area contributed by atoms with E-state index in [1.807, 2.05) is 13.8 Å². The van der Waals surface area contributed by atoms with Crippen LogP contribution in [0.3, 0.4) is 0 Å². The highest BCUT2D eigenvalue weighted by Crippen LogP contribution is 1.95. The Morgan fingerprint density at radius 2 is 1.67 bits per heavy atom. The van der Waals surface area contributed by atoms with Gasteiger partial charge in [-0.25, -0.2) is 21.6 Å². The molecule has 0 aromatic heterocycles. The Balaban J connectivity index is 3.75. The van der Waals surface area contributed by atoms with Crippen molar-refractivity contribution in [3.05, 3.63) is 0 Å². The molecule has 0 radical (unpaired) electrons. The fourth-order valence-corrected chi connectivity index (χ4v) is 3.18. The second-order valence-electron chi connectivity index (χ2n) is 4.47. The number of sulfone groups is 1. The van der Waals surface area contributed by atoms with Crippen LogP contribution in [0.1, 0.15) is 26.7 Å². The molecule has 1 N–H and O–H groups in total. The summed E-state index contributed by atoms with van der Waals surface area (Å²) in [5.74, 6) is -0.268. The van der Waals surface area contributed by atoms with Crippen molar-refractivity contribution in [2.45, 2.75) is 32.8 Å². The van der Waals surface area contributed by atoms with Gasteiger partial charge in [0.15, 0.2) is 0 Å². The number of hydrogen-bond acceptors (Lipinski definition) is 5. The molecule has 0 saturated heterocycles. The van der Waals surface area contributed by atoms with Gasteiger partial charge in [0.2, 0.25) is 10.0 Å². The third kappa shape index (κ3) is 12.3. The van der Waals surface area contributed by atoms with Gasteiger partial charge in [-0.05, 0) is 26.7 Å². The van der Waals surface area contributed by atoms with Crippen molar-refractivity contribution in [2.75, 3.05) is 30.9 Å². The Morgan fingerprint density at radius 3 is 2.17 bits per heavy atom. The number of ether oxygens (including phenoxy) is 1. The first-order valence-corrected chi connectivity index (χ1v) is 9.60. The van der Waals surface area contributed by atoms with E-state index in [0.29, 0.717) is 19.6 Å². The van der Waals surface area contributed by atoms with E-state index in [9.17, 15) is 16.8 Å². The van der Waals surface area contributed by atoms with Gasteiger partial charge in [-0.15, -0.1) is 0 Å². The maximum Gasteiger partial charge on any atom is 0.211 e. The summed E-state index contributed by atoms with van der Waals surface area (Å²) in [6.07, 6.45) is 1.95. The van der Waals surface area contributed by atoms with Crippen molar-refractivity contribution in [3.63, 3.8) is 0 Å². The Morgan fingerprint density at radius 1 is 1.06 bits per heavy atom. The maximum absolute atomic E-state index is 11.5. The molecule has 0 spiro atoms. The van der Waals surface area contributed by atoms with Crippen LogP contribution in [-0.2, 0) is 24.6 Å². The average Bonchev–Trinajstić information content (AvgIpc) is 2.13. The lowest BCUT2D eigenvalue weighted by molar-refractivity contribution is 0.0778. The predicted octanol–water partition coefficient (Wildman–Crippen LogP) is 0.156. The minimum Gasteiger partial charge on any atom is -0.379 e. The monoisotopic (exact) mass is 301 g/mol. The van der Waals surface area contributed by atoms with Crippen LogP contribution in [-0.4, -0.2) is 53.9 Å². The zero-order valence-electron chi connectivity index (χ0n) is 11.2. The normalized spacial score (nSPS) is 13.1. The molecule has 0 amide bonds. The standard InChI is InChI=1S/C10H23NO5S2/c1-10(2)16-7-4-6-11-18(14,15)9-5-8-17(3,12)13/h10-11H,4-9H2,1-3H3. The number of sulfonamides is 1. The number of rotatable bonds is 10. The van der Waals surface area contributed by atoms with E-state index in [2.05, 4.69) is 4.72 Å². The molecule has 0 unspecified atom stereocenters. The zero-order valence-corrected chi connectivity index (χ0v) is 12.8. The molecular weight excluding hydrogens is 278 g/mol. The fourth-order valence-electron chi connectivity index (χ4n) is 1.20. The minimum absolute atomic E-state index is 0.107. The molecule has 0 aromatic carbocycles. The van der Waals surface area contributed by atoms with E-state index in [1.54, 1.807) is 0 Å². The van der Waals surface area contributed by atoms with Crippen molar-refractivity contribution in [1.29, 1.82) is 0 Å². The van der Waals surface area contributed by atoms with Gasteiger partial charge in [-0.3, -0.25) is 0 Å². The Hall–Kier alpha value is -0.180. The Labute approximate surface area is 110 Å². The first kappa shape index (κ1) is 17.8. The summed E-state index contributed by atoms with van der Waals surface area (Å²) in [4.78, 5) is 0. The summed E-state index contributed by atoms with van der Waals surface area (Å²) in [5.41, 5.74) is 0. The minimum atomic E-state index is -3.37. The molecule has 8 heteroatoms. The molecule has 110 valence electrons. The highest BCUT2D eigenvalue weighted by atomic mass is 32.2. The second-order valence-corrected chi connectivity index (χ2v) is 8.66. The van der Waals surface area contributed by atoms with E-state index in [0.717, 1.165) is 6.26 Å². The van der Waals surface area contributed by atoms with Crippen molar-refractivity contribution in [1.82, 2.24) is 4.72 Å². The van der Waals surface area contributed by atoms with Gasteiger partial charge < -0.3 is 4.74 Å². The molecule has 0 heterocycles. The first-order chi connectivity index (χ1) is 8.12. The summed E-state index contributed by atoms with van der Waals surface area (Å²) in [7, 11) is -6.47. The highest BCUT2D eigenvalue weighted by molar-refractivity contribution is 7.91. The molecule has 0 saturated carbocycles. The molecule has 0 aliphatic heterocycles. The zero-order chi connectivity index (χ0) is 14.2. The van der Waals surface area contributed by atoms with Crippen LogP contribution in [0, 0.1) is 0 Å². The molecule has 0 bridgehead atoms. The third-order valence-corrected chi connectivity index (χ3v) is 4.52. The van der Waals surface area contributed by atoms with Gasteiger partial charge in [0.1, 0.15) is 9.84 Å². The summed E-state index contributed by atoms with van der Waals surface area (Å²) in [6, 6.07) is 0. The maximum atomic E-state index is 11.5. The van der Waals surface area contributed by atoms with Crippen molar-refractivity contribution in [3.8, 4) is 0 Å². The number of nitrogens with one attached hydrogen (secondary N) is 1. The Bertz CT molecular complexity index is 414. The van der Waals surface area contributed by atoms with Gasteiger partial charge in [-0.2, -0.15) is 0 Å². The lowest BCUT2D eigenvalue weighted by Crippen LogP contribution is -2.29. The fraction of sp³-hybridized carbons (Fsp3) is 1.00. The summed E-state index contributed by atoms with van der Waals surface area (Å²) >= 11 is 0. The second kappa shape index (κ2) is 8.08. The molecule has 0 aromatic rings. The van der Waals surface area contributed by atoms with Crippen molar-refractivity contribution >= 4 is 19.9 Å². The molecule has 0 rings (SSSR count). The van der Waals surface area contributed by atoms with E-state index in [4.69, 9.17) is 4.74 Å². The Kier molecular flexibility index (Phi) is 8.00. The van der Waals surface area contributed by atoms with E-state index in [1.165, 1.54) is 0 Å². The molecule has 18 heavy (non-hydrogen) atoms. The molecule has 0 aliphatic carbocycles. The average molecular weight is 301 g/mol. The molecule has 6 nitrogen and oxygen atoms in total. The van der Waals surface area contributed by atoms with Gasteiger partial charge in [0, 0.05) is 19.4 Å². The SMILES string of the molecule is CC(C)OCCCNS(=O)(=O)CCCS(C)(=O)=O. The molecule has 0 atom stereocenters. The molecular formula is C10H23NO5S2. The van der Waals surface area contributed by atoms with Crippen molar-refractivity contribution < 1.29 is 21.6 Å². The quantitative estimate of drug-likeness (QED) is 0.580. The van der Waals surface area contributed by atoms with Crippen LogP contribution >= 0.6 is 0 Å².